The zero-order chi connectivity index (χ0) is 7.56. The third-order valence-corrected chi connectivity index (χ3v) is 2.48. The van der Waals surface area contributed by atoms with Crippen LogP contribution in [-0.2, 0) is 4.74 Å². The normalized spacial score (nSPS) is 34.8. The van der Waals surface area contributed by atoms with Gasteiger partial charge in [-0.05, 0) is 31.6 Å². The van der Waals surface area contributed by atoms with E-state index in [0.29, 0.717) is 6.10 Å². The molecule has 2 atom stereocenters. The number of rotatable bonds is 1. The summed E-state index contributed by atoms with van der Waals surface area (Å²) in [5.74, 6) is 1.61. The standard InChI is InChI=1S/C9H18O/c1-7(2)9-5-4-8(3)10-6-9/h7-9H,4-6H2,1-3H3/t8-,9-/m1/s1. The third kappa shape index (κ3) is 1.98. The van der Waals surface area contributed by atoms with E-state index in [1.807, 2.05) is 0 Å². The lowest BCUT2D eigenvalue weighted by molar-refractivity contribution is -0.0176. The quantitative estimate of drug-likeness (QED) is 0.546. The van der Waals surface area contributed by atoms with Gasteiger partial charge in [-0.3, -0.25) is 0 Å². The first-order valence-electron chi connectivity index (χ1n) is 4.31. The van der Waals surface area contributed by atoms with Gasteiger partial charge in [-0.15, -0.1) is 0 Å². The van der Waals surface area contributed by atoms with Crippen LogP contribution in [0, 0.1) is 11.8 Å². The highest BCUT2D eigenvalue weighted by molar-refractivity contribution is 4.69. The van der Waals surface area contributed by atoms with Gasteiger partial charge in [-0.25, -0.2) is 0 Å². The highest BCUT2D eigenvalue weighted by Crippen LogP contribution is 2.24. The fourth-order valence-electron chi connectivity index (χ4n) is 1.43. The lowest BCUT2D eigenvalue weighted by atomic mass is 9.89. The van der Waals surface area contributed by atoms with Gasteiger partial charge in [0.25, 0.3) is 0 Å². The molecule has 0 aliphatic carbocycles. The molecule has 0 spiro atoms. The van der Waals surface area contributed by atoms with Crippen molar-refractivity contribution in [3.63, 3.8) is 0 Å². The van der Waals surface area contributed by atoms with Crippen LogP contribution in [0.25, 0.3) is 0 Å². The molecule has 0 aromatic rings. The lowest BCUT2D eigenvalue weighted by Crippen LogP contribution is -2.26. The van der Waals surface area contributed by atoms with Gasteiger partial charge in [-0.1, -0.05) is 13.8 Å². The van der Waals surface area contributed by atoms with E-state index in [1.54, 1.807) is 0 Å². The minimum atomic E-state index is 0.509. The molecule has 1 heterocycles. The number of hydrogen-bond donors (Lipinski definition) is 0. The van der Waals surface area contributed by atoms with Crippen molar-refractivity contribution in [2.75, 3.05) is 6.61 Å². The molecular weight excluding hydrogens is 124 g/mol. The summed E-state index contributed by atoms with van der Waals surface area (Å²) < 4.78 is 5.55. The second-order valence-corrected chi connectivity index (χ2v) is 3.73. The van der Waals surface area contributed by atoms with Crippen LogP contribution in [0.15, 0.2) is 0 Å². The minimum absolute atomic E-state index is 0.509. The van der Waals surface area contributed by atoms with E-state index < -0.39 is 0 Å². The number of ether oxygens (including phenoxy) is 1. The smallest absolute Gasteiger partial charge is 0.0547 e. The van der Waals surface area contributed by atoms with Crippen LogP contribution in [0.4, 0.5) is 0 Å². The summed E-state index contributed by atoms with van der Waals surface area (Å²) in [7, 11) is 0. The van der Waals surface area contributed by atoms with Gasteiger partial charge in [0.1, 0.15) is 0 Å². The van der Waals surface area contributed by atoms with Crippen molar-refractivity contribution in [1.82, 2.24) is 0 Å². The lowest BCUT2D eigenvalue weighted by Gasteiger charge is -2.29. The zero-order valence-electron chi connectivity index (χ0n) is 7.26. The molecule has 0 N–H and O–H groups in total. The molecule has 0 aromatic carbocycles. The van der Waals surface area contributed by atoms with E-state index in [-0.39, 0.29) is 0 Å². The first-order chi connectivity index (χ1) is 4.70. The monoisotopic (exact) mass is 142 g/mol. The summed E-state index contributed by atoms with van der Waals surface area (Å²) in [5.41, 5.74) is 0. The van der Waals surface area contributed by atoms with E-state index in [4.69, 9.17) is 4.74 Å². The van der Waals surface area contributed by atoms with Crippen LogP contribution in [0.5, 0.6) is 0 Å². The largest absolute Gasteiger partial charge is 0.378 e. The average Bonchev–Trinajstić information content (AvgIpc) is 1.88. The van der Waals surface area contributed by atoms with Crippen molar-refractivity contribution in [2.45, 2.75) is 39.7 Å². The fourth-order valence-corrected chi connectivity index (χ4v) is 1.43. The maximum Gasteiger partial charge on any atom is 0.0547 e. The van der Waals surface area contributed by atoms with Crippen LogP contribution in [0.3, 0.4) is 0 Å². The Balaban J connectivity index is 2.26. The molecule has 1 heteroatoms. The van der Waals surface area contributed by atoms with E-state index in [1.165, 1.54) is 12.8 Å². The van der Waals surface area contributed by atoms with E-state index in [2.05, 4.69) is 20.8 Å². The third-order valence-electron chi connectivity index (χ3n) is 2.48. The molecule has 0 amide bonds. The predicted molar refractivity (Wildman–Crippen MR) is 43.0 cm³/mol. The van der Waals surface area contributed by atoms with Crippen molar-refractivity contribution in [2.24, 2.45) is 11.8 Å². The molecular formula is C9H18O. The Hall–Kier alpha value is -0.0400. The second-order valence-electron chi connectivity index (χ2n) is 3.73. The first-order valence-corrected chi connectivity index (χ1v) is 4.31. The number of hydrogen-bond acceptors (Lipinski definition) is 1. The van der Waals surface area contributed by atoms with Gasteiger partial charge in [0.05, 0.1) is 6.10 Å². The molecule has 1 saturated heterocycles. The topological polar surface area (TPSA) is 9.23 Å². The zero-order valence-corrected chi connectivity index (χ0v) is 7.26. The van der Waals surface area contributed by atoms with Gasteiger partial charge in [0.15, 0.2) is 0 Å². The molecule has 1 aliphatic rings. The van der Waals surface area contributed by atoms with Crippen LogP contribution in [-0.4, -0.2) is 12.7 Å². The van der Waals surface area contributed by atoms with Gasteiger partial charge in [0, 0.05) is 6.61 Å². The summed E-state index contributed by atoms with van der Waals surface area (Å²) in [6, 6.07) is 0. The second kappa shape index (κ2) is 3.38. The molecule has 0 unspecified atom stereocenters. The SMILES string of the molecule is CC(C)[C@@H]1CC[C@@H](C)OC1. The van der Waals surface area contributed by atoms with Crippen molar-refractivity contribution in [1.29, 1.82) is 0 Å². The summed E-state index contributed by atoms with van der Waals surface area (Å²) in [6.45, 7) is 7.71. The van der Waals surface area contributed by atoms with Crippen LogP contribution in [0.1, 0.15) is 33.6 Å². The molecule has 60 valence electrons. The van der Waals surface area contributed by atoms with Gasteiger partial charge >= 0.3 is 0 Å². The van der Waals surface area contributed by atoms with E-state index in [9.17, 15) is 0 Å². The van der Waals surface area contributed by atoms with E-state index >= 15 is 0 Å². The molecule has 0 radical (unpaired) electrons. The van der Waals surface area contributed by atoms with Gasteiger partial charge < -0.3 is 4.74 Å². The highest BCUT2D eigenvalue weighted by Gasteiger charge is 2.20. The Morgan fingerprint density at radius 3 is 2.40 bits per heavy atom. The Bertz CT molecular complexity index is 90.9. The minimum Gasteiger partial charge on any atom is -0.378 e. The Morgan fingerprint density at radius 1 is 1.30 bits per heavy atom. The van der Waals surface area contributed by atoms with Crippen molar-refractivity contribution in [3.05, 3.63) is 0 Å². The Labute approximate surface area is 63.8 Å². The van der Waals surface area contributed by atoms with Crippen LogP contribution in [0.2, 0.25) is 0 Å². The van der Waals surface area contributed by atoms with E-state index in [0.717, 1.165) is 18.4 Å². The molecule has 0 bridgehead atoms. The summed E-state index contributed by atoms with van der Waals surface area (Å²) in [5, 5.41) is 0. The average molecular weight is 142 g/mol. The van der Waals surface area contributed by atoms with Gasteiger partial charge in [0.2, 0.25) is 0 Å². The fraction of sp³-hybridized carbons (Fsp3) is 1.00. The maximum absolute atomic E-state index is 5.55. The molecule has 1 rings (SSSR count). The maximum atomic E-state index is 5.55. The Morgan fingerprint density at radius 2 is 2.00 bits per heavy atom. The van der Waals surface area contributed by atoms with Gasteiger partial charge in [-0.2, -0.15) is 0 Å². The summed E-state index contributed by atoms with van der Waals surface area (Å²) in [4.78, 5) is 0. The van der Waals surface area contributed by atoms with Crippen LogP contribution < -0.4 is 0 Å². The molecule has 1 fully saturated rings. The van der Waals surface area contributed by atoms with Crippen molar-refractivity contribution < 1.29 is 4.74 Å². The predicted octanol–water partition coefficient (Wildman–Crippen LogP) is 2.46. The molecule has 10 heavy (non-hydrogen) atoms. The van der Waals surface area contributed by atoms with Crippen molar-refractivity contribution in [3.8, 4) is 0 Å². The van der Waals surface area contributed by atoms with Crippen LogP contribution >= 0.6 is 0 Å². The molecule has 0 aromatic heterocycles. The molecule has 0 saturated carbocycles. The Kier molecular flexibility index (Phi) is 2.72. The molecule has 1 nitrogen and oxygen atoms in total. The summed E-state index contributed by atoms with van der Waals surface area (Å²) >= 11 is 0. The molecule has 1 aliphatic heterocycles. The summed E-state index contributed by atoms with van der Waals surface area (Å²) in [6.07, 6.45) is 3.12. The highest BCUT2D eigenvalue weighted by atomic mass is 16.5. The van der Waals surface area contributed by atoms with Crippen molar-refractivity contribution >= 4 is 0 Å². The first kappa shape index (κ1) is 8.06.